The Kier molecular flexibility index (Phi) is 2.29. The van der Waals surface area contributed by atoms with E-state index in [2.05, 4.69) is 44.5 Å². The van der Waals surface area contributed by atoms with E-state index in [0.717, 1.165) is 49.2 Å². The van der Waals surface area contributed by atoms with Gasteiger partial charge in [0.05, 0.1) is 17.9 Å². The fraction of sp³-hybridized carbons (Fsp3) is 0.364. The van der Waals surface area contributed by atoms with Gasteiger partial charge in [0.2, 0.25) is 0 Å². The number of nitrogens with zero attached hydrogens (tertiary/aromatic N) is 1. The van der Waals surface area contributed by atoms with Gasteiger partial charge in [-0.1, -0.05) is 0 Å². The SMILES string of the molecule is c1cc2c(cc1NC1=NCCN1)NCCN2. The molecular weight excluding hydrogens is 202 g/mol. The Morgan fingerprint density at radius 2 is 1.88 bits per heavy atom. The Bertz CT molecular complexity index is 426. The summed E-state index contributed by atoms with van der Waals surface area (Å²) in [4.78, 5) is 4.30. The molecule has 0 amide bonds. The number of aliphatic imine (C=N–C) groups is 1. The van der Waals surface area contributed by atoms with Gasteiger partial charge in [-0.15, -0.1) is 0 Å². The third-order valence-electron chi connectivity index (χ3n) is 2.71. The molecule has 0 aromatic heterocycles. The van der Waals surface area contributed by atoms with Crippen molar-refractivity contribution in [3.8, 4) is 0 Å². The Balaban J connectivity index is 1.80. The maximum atomic E-state index is 4.30. The van der Waals surface area contributed by atoms with Crippen LogP contribution in [0.25, 0.3) is 0 Å². The molecule has 0 saturated carbocycles. The molecule has 3 rings (SSSR count). The van der Waals surface area contributed by atoms with Crippen molar-refractivity contribution in [2.75, 3.05) is 42.1 Å². The van der Waals surface area contributed by atoms with Crippen LogP contribution in [0, 0.1) is 0 Å². The van der Waals surface area contributed by atoms with E-state index in [4.69, 9.17) is 0 Å². The number of guanidine groups is 1. The second-order valence-electron chi connectivity index (χ2n) is 3.90. The van der Waals surface area contributed by atoms with Crippen molar-refractivity contribution in [2.24, 2.45) is 4.99 Å². The molecule has 16 heavy (non-hydrogen) atoms. The zero-order valence-electron chi connectivity index (χ0n) is 9.01. The second kappa shape index (κ2) is 3.92. The largest absolute Gasteiger partial charge is 0.382 e. The van der Waals surface area contributed by atoms with Gasteiger partial charge in [0.25, 0.3) is 0 Å². The first kappa shape index (κ1) is 9.33. The molecule has 0 unspecified atom stereocenters. The summed E-state index contributed by atoms with van der Waals surface area (Å²) >= 11 is 0. The number of benzene rings is 1. The van der Waals surface area contributed by atoms with Crippen LogP contribution < -0.4 is 21.3 Å². The van der Waals surface area contributed by atoms with E-state index in [1.165, 1.54) is 0 Å². The predicted molar refractivity (Wildman–Crippen MR) is 67.3 cm³/mol. The van der Waals surface area contributed by atoms with Gasteiger partial charge in [-0.05, 0) is 18.2 Å². The third kappa shape index (κ3) is 1.76. The Morgan fingerprint density at radius 3 is 2.69 bits per heavy atom. The first-order chi connectivity index (χ1) is 7.92. The highest BCUT2D eigenvalue weighted by Gasteiger charge is 2.09. The summed E-state index contributed by atoms with van der Waals surface area (Å²) in [5.41, 5.74) is 3.37. The molecule has 0 atom stereocenters. The fourth-order valence-electron chi connectivity index (χ4n) is 1.94. The van der Waals surface area contributed by atoms with E-state index in [1.54, 1.807) is 0 Å². The topological polar surface area (TPSA) is 60.5 Å². The van der Waals surface area contributed by atoms with Gasteiger partial charge >= 0.3 is 0 Å². The molecule has 84 valence electrons. The summed E-state index contributed by atoms with van der Waals surface area (Å²) in [6.07, 6.45) is 0. The number of hydrogen-bond donors (Lipinski definition) is 4. The standard InChI is InChI=1S/C11H15N5/c1-2-9-10(13-4-3-12-9)7-8(1)16-11-14-5-6-15-11/h1-2,7,12-13H,3-6H2,(H2,14,15,16). The lowest BCUT2D eigenvalue weighted by Crippen LogP contribution is -2.26. The molecule has 2 aliphatic heterocycles. The van der Waals surface area contributed by atoms with Crippen LogP contribution in [0.5, 0.6) is 0 Å². The summed E-state index contributed by atoms with van der Waals surface area (Å²) in [7, 11) is 0. The van der Waals surface area contributed by atoms with Gasteiger partial charge in [0.15, 0.2) is 5.96 Å². The van der Waals surface area contributed by atoms with Crippen LogP contribution in [0.3, 0.4) is 0 Å². The lowest BCUT2D eigenvalue weighted by Gasteiger charge is -2.20. The zero-order chi connectivity index (χ0) is 10.8. The zero-order valence-corrected chi connectivity index (χ0v) is 9.01. The highest BCUT2D eigenvalue weighted by Crippen LogP contribution is 2.27. The maximum Gasteiger partial charge on any atom is 0.195 e. The van der Waals surface area contributed by atoms with Crippen LogP contribution in [0.1, 0.15) is 0 Å². The van der Waals surface area contributed by atoms with Crippen molar-refractivity contribution in [1.29, 1.82) is 0 Å². The van der Waals surface area contributed by atoms with Crippen LogP contribution in [-0.4, -0.2) is 32.1 Å². The van der Waals surface area contributed by atoms with Crippen LogP contribution in [-0.2, 0) is 0 Å². The molecule has 2 aliphatic rings. The number of anilines is 3. The van der Waals surface area contributed by atoms with Crippen LogP contribution in [0.2, 0.25) is 0 Å². The molecular formula is C11H15N5. The Labute approximate surface area is 94.3 Å². The lowest BCUT2D eigenvalue weighted by molar-refractivity contribution is 0.959. The summed E-state index contributed by atoms with van der Waals surface area (Å²) in [6, 6.07) is 6.24. The normalized spacial score (nSPS) is 17.6. The number of rotatable bonds is 1. The van der Waals surface area contributed by atoms with Crippen molar-refractivity contribution in [3.63, 3.8) is 0 Å². The van der Waals surface area contributed by atoms with Gasteiger partial charge in [0, 0.05) is 25.3 Å². The highest BCUT2D eigenvalue weighted by molar-refractivity contribution is 5.95. The third-order valence-corrected chi connectivity index (χ3v) is 2.71. The summed E-state index contributed by atoms with van der Waals surface area (Å²) < 4.78 is 0. The van der Waals surface area contributed by atoms with Crippen LogP contribution in [0.4, 0.5) is 17.1 Å². The van der Waals surface area contributed by atoms with Gasteiger partial charge in [-0.25, -0.2) is 0 Å². The smallest absolute Gasteiger partial charge is 0.195 e. The summed E-state index contributed by atoms with van der Waals surface area (Å²) in [5.74, 6) is 0.865. The highest BCUT2D eigenvalue weighted by atomic mass is 15.2. The van der Waals surface area contributed by atoms with E-state index in [0.29, 0.717) is 0 Å². The molecule has 0 spiro atoms. The predicted octanol–water partition coefficient (Wildman–Crippen LogP) is 0.895. The van der Waals surface area contributed by atoms with E-state index in [1.807, 2.05) is 0 Å². The van der Waals surface area contributed by atoms with Crippen molar-refractivity contribution in [2.45, 2.75) is 0 Å². The van der Waals surface area contributed by atoms with Crippen LogP contribution in [0.15, 0.2) is 23.2 Å². The Morgan fingerprint density at radius 1 is 1.00 bits per heavy atom. The molecule has 0 radical (unpaired) electrons. The molecule has 2 heterocycles. The van der Waals surface area contributed by atoms with Crippen molar-refractivity contribution in [3.05, 3.63) is 18.2 Å². The number of fused-ring (bicyclic) bond motifs is 1. The van der Waals surface area contributed by atoms with Crippen molar-refractivity contribution < 1.29 is 0 Å². The van der Waals surface area contributed by atoms with Crippen molar-refractivity contribution in [1.82, 2.24) is 5.32 Å². The average molecular weight is 217 g/mol. The average Bonchev–Trinajstić information content (AvgIpc) is 2.82. The molecule has 1 aromatic rings. The maximum absolute atomic E-state index is 4.30. The second-order valence-corrected chi connectivity index (χ2v) is 3.90. The lowest BCUT2D eigenvalue weighted by atomic mass is 10.2. The molecule has 5 nitrogen and oxygen atoms in total. The molecule has 0 bridgehead atoms. The molecule has 5 heteroatoms. The first-order valence-corrected chi connectivity index (χ1v) is 5.59. The fourth-order valence-corrected chi connectivity index (χ4v) is 1.94. The van der Waals surface area contributed by atoms with E-state index < -0.39 is 0 Å². The van der Waals surface area contributed by atoms with Gasteiger partial charge < -0.3 is 21.3 Å². The Hall–Kier alpha value is -1.91. The van der Waals surface area contributed by atoms with Gasteiger partial charge in [-0.2, -0.15) is 0 Å². The monoisotopic (exact) mass is 217 g/mol. The van der Waals surface area contributed by atoms with Gasteiger partial charge in [0.1, 0.15) is 0 Å². The van der Waals surface area contributed by atoms with E-state index >= 15 is 0 Å². The van der Waals surface area contributed by atoms with E-state index in [9.17, 15) is 0 Å². The number of nitrogens with one attached hydrogen (secondary N) is 4. The minimum absolute atomic E-state index is 0.854. The molecule has 4 N–H and O–H groups in total. The minimum atomic E-state index is 0.854. The quantitative estimate of drug-likeness (QED) is 0.564. The van der Waals surface area contributed by atoms with Crippen molar-refractivity contribution >= 4 is 23.0 Å². The molecule has 0 fully saturated rings. The molecule has 0 aliphatic carbocycles. The first-order valence-electron chi connectivity index (χ1n) is 5.59. The molecule has 0 saturated heterocycles. The summed E-state index contributed by atoms with van der Waals surface area (Å²) in [6.45, 7) is 3.73. The van der Waals surface area contributed by atoms with E-state index in [-0.39, 0.29) is 0 Å². The van der Waals surface area contributed by atoms with Gasteiger partial charge in [-0.3, -0.25) is 4.99 Å². The molecule has 1 aromatic carbocycles. The van der Waals surface area contributed by atoms with Crippen LogP contribution >= 0.6 is 0 Å². The minimum Gasteiger partial charge on any atom is -0.382 e. The number of hydrogen-bond acceptors (Lipinski definition) is 5. The summed E-state index contributed by atoms with van der Waals surface area (Å²) in [5, 5.41) is 13.2.